The minimum absolute atomic E-state index is 0.343. The zero-order valence-corrected chi connectivity index (χ0v) is 11.3. The van der Waals surface area contributed by atoms with E-state index in [-0.39, 0.29) is 0 Å². The summed E-state index contributed by atoms with van der Waals surface area (Å²) < 4.78 is 0. The molecule has 1 saturated heterocycles. The molecule has 0 spiro atoms. The minimum atomic E-state index is 0.343. The molecule has 100 valence electrons. The Morgan fingerprint density at radius 3 is 2.82 bits per heavy atom. The molecule has 1 rings (SSSR count). The molecule has 1 fully saturated rings. The van der Waals surface area contributed by atoms with Gasteiger partial charge in [-0.2, -0.15) is 0 Å². The maximum atomic E-state index is 12.0. The average Bonchev–Trinajstić information content (AvgIpc) is 2.55. The number of hydrogen-bond donors (Lipinski definition) is 1. The van der Waals surface area contributed by atoms with E-state index in [1.54, 1.807) is 0 Å². The molecule has 0 saturated carbocycles. The van der Waals surface area contributed by atoms with E-state index < -0.39 is 0 Å². The zero-order chi connectivity index (χ0) is 12.5. The Morgan fingerprint density at radius 1 is 1.29 bits per heavy atom. The molecule has 3 heteroatoms. The first-order valence-electron chi connectivity index (χ1n) is 7.25. The average molecular weight is 240 g/mol. The summed E-state index contributed by atoms with van der Waals surface area (Å²) >= 11 is 0. The van der Waals surface area contributed by atoms with E-state index in [1.807, 2.05) is 0 Å². The second kappa shape index (κ2) is 8.51. The summed E-state index contributed by atoms with van der Waals surface area (Å²) in [4.78, 5) is 14.1. The van der Waals surface area contributed by atoms with Crippen molar-refractivity contribution in [2.75, 3.05) is 19.6 Å². The van der Waals surface area contributed by atoms with Gasteiger partial charge in [0.2, 0.25) is 5.91 Å². The largest absolute Gasteiger partial charge is 0.343 e. The second-order valence-electron chi connectivity index (χ2n) is 5.21. The second-order valence-corrected chi connectivity index (χ2v) is 5.21. The highest BCUT2D eigenvalue weighted by Crippen LogP contribution is 2.22. The third-order valence-corrected chi connectivity index (χ3v) is 3.74. The van der Waals surface area contributed by atoms with Crippen LogP contribution in [-0.2, 0) is 4.79 Å². The first kappa shape index (κ1) is 14.5. The monoisotopic (exact) mass is 240 g/mol. The summed E-state index contributed by atoms with van der Waals surface area (Å²) in [5, 5.41) is 0. The van der Waals surface area contributed by atoms with E-state index in [0.717, 1.165) is 31.8 Å². The van der Waals surface area contributed by atoms with Gasteiger partial charge in [0.05, 0.1) is 0 Å². The summed E-state index contributed by atoms with van der Waals surface area (Å²) in [6, 6.07) is 0. The van der Waals surface area contributed by atoms with Gasteiger partial charge in [-0.3, -0.25) is 4.79 Å². The number of likely N-dealkylation sites (tertiary alicyclic amines) is 1. The third-order valence-electron chi connectivity index (χ3n) is 3.74. The smallest absolute Gasteiger partial charge is 0.222 e. The molecule has 3 nitrogen and oxygen atoms in total. The van der Waals surface area contributed by atoms with Crippen molar-refractivity contribution in [2.45, 2.75) is 58.3 Å². The normalized spacial score (nSPS) is 21.3. The SMILES string of the molecule is CCCC1CCCN(C(=O)CCCCN)CC1. The number of nitrogens with zero attached hydrogens (tertiary/aromatic N) is 1. The van der Waals surface area contributed by atoms with Crippen molar-refractivity contribution in [3.05, 3.63) is 0 Å². The van der Waals surface area contributed by atoms with Crippen molar-refractivity contribution in [3.8, 4) is 0 Å². The lowest BCUT2D eigenvalue weighted by molar-refractivity contribution is -0.131. The molecule has 0 aromatic heterocycles. The van der Waals surface area contributed by atoms with Crippen LogP contribution >= 0.6 is 0 Å². The summed E-state index contributed by atoms with van der Waals surface area (Å²) in [5.74, 6) is 1.19. The van der Waals surface area contributed by atoms with Crippen molar-refractivity contribution >= 4 is 5.91 Å². The first-order chi connectivity index (χ1) is 8.27. The van der Waals surface area contributed by atoms with E-state index in [9.17, 15) is 4.79 Å². The fraction of sp³-hybridized carbons (Fsp3) is 0.929. The molecule has 1 aliphatic rings. The highest BCUT2D eigenvalue weighted by atomic mass is 16.2. The van der Waals surface area contributed by atoms with Crippen LogP contribution in [0.25, 0.3) is 0 Å². The minimum Gasteiger partial charge on any atom is -0.343 e. The number of nitrogens with two attached hydrogens (primary N) is 1. The number of unbranched alkanes of at least 4 members (excludes halogenated alkanes) is 1. The number of carbonyl (C=O) groups excluding carboxylic acids is 1. The molecular formula is C14H28N2O. The van der Waals surface area contributed by atoms with Crippen LogP contribution in [0.1, 0.15) is 58.3 Å². The van der Waals surface area contributed by atoms with Gasteiger partial charge in [0, 0.05) is 19.5 Å². The topological polar surface area (TPSA) is 46.3 Å². The molecule has 0 bridgehead atoms. The fourth-order valence-corrected chi connectivity index (χ4v) is 2.69. The standard InChI is InChI=1S/C14H28N2O/c1-2-6-13-7-5-11-16(12-9-13)14(17)8-3-4-10-15/h13H,2-12,15H2,1H3. The molecule has 0 aliphatic carbocycles. The van der Waals surface area contributed by atoms with Gasteiger partial charge in [-0.25, -0.2) is 0 Å². The van der Waals surface area contributed by atoms with Crippen LogP contribution in [0, 0.1) is 5.92 Å². The van der Waals surface area contributed by atoms with Gasteiger partial charge in [-0.05, 0) is 44.6 Å². The lowest BCUT2D eigenvalue weighted by Gasteiger charge is -2.20. The summed E-state index contributed by atoms with van der Waals surface area (Å²) in [7, 11) is 0. The Balaban J connectivity index is 2.27. The first-order valence-corrected chi connectivity index (χ1v) is 7.25. The molecule has 1 aliphatic heterocycles. The Kier molecular flexibility index (Phi) is 7.25. The Hall–Kier alpha value is -0.570. The summed E-state index contributed by atoms with van der Waals surface area (Å²) in [5.41, 5.74) is 5.44. The van der Waals surface area contributed by atoms with E-state index in [0.29, 0.717) is 18.9 Å². The van der Waals surface area contributed by atoms with Crippen LogP contribution in [0.2, 0.25) is 0 Å². The van der Waals surface area contributed by atoms with Crippen LogP contribution in [0.3, 0.4) is 0 Å². The third kappa shape index (κ3) is 5.53. The molecule has 0 radical (unpaired) electrons. The highest BCUT2D eigenvalue weighted by molar-refractivity contribution is 5.76. The van der Waals surface area contributed by atoms with Gasteiger partial charge in [0.1, 0.15) is 0 Å². The van der Waals surface area contributed by atoms with Crippen molar-refractivity contribution in [1.82, 2.24) is 4.90 Å². The van der Waals surface area contributed by atoms with Crippen molar-refractivity contribution in [3.63, 3.8) is 0 Å². The maximum absolute atomic E-state index is 12.0. The summed E-state index contributed by atoms with van der Waals surface area (Å²) in [6.45, 7) is 4.90. The Morgan fingerprint density at radius 2 is 2.12 bits per heavy atom. The molecular weight excluding hydrogens is 212 g/mol. The van der Waals surface area contributed by atoms with E-state index in [4.69, 9.17) is 5.73 Å². The number of hydrogen-bond acceptors (Lipinski definition) is 2. The fourth-order valence-electron chi connectivity index (χ4n) is 2.69. The van der Waals surface area contributed by atoms with Crippen LogP contribution in [0.15, 0.2) is 0 Å². The van der Waals surface area contributed by atoms with Gasteiger partial charge in [-0.15, -0.1) is 0 Å². The zero-order valence-electron chi connectivity index (χ0n) is 11.3. The van der Waals surface area contributed by atoms with Crippen molar-refractivity contribution < 1.29 is 4.79 Å². The molecule has 0 aromatic rings. The molecule has 0 aromatic carbocycles. The lowest BCUT2D eigenvalue weighted by atomic mass is 9.96. The van der Waals surface area contributed by atoms with Gasteiger partial charge in [-0.1, -0.05) is 19.8 Å². The molecule has 1 amide bonds. The van der Waals surface area contributed by atoms with E-state index in [1.165, 1.54) is 32.1 Å². The number of amides is 1. The van der Waals surface area contributed by atoms with Crippen LogP contribution in [0.4, 0.5) is 0 Å². The predicted octanol–water partition coefficient (Wildman–Crippen LogP) is 2.54. The quantitative estimate of drug-likeness (QED) is 0.725. The van der Waals surface area contributed by atoms with Crippen molar-refractivity contribution in [1.29, 1.82) is 0 Å². The van der Waals surface area contributed by atoms with Crippen LogP contribution < -0.4 is 5.73 Å². The molecule has 1 heterocycles. The lowest BCUT2D eigenvalue weighted by Crippen LogP contribution is -2.31. The highest BCUT2D eigenvalue weighted by Gasteiger charge is 2.19. The van der Waals surface area contributed by atoms with E-state index in [2.05, 4.69) is 11.8 Å². The Labute approximate surface area is 106 Å². The summed E-state index contributed by atoms with van der Waals surface area (Å²) in [6.07, 6.45) is 8.91. The molecule has 1 unspecified atom stereocenters. The number of carbonyl (C=O) groups is 1. The van der Waals surface area contributed by atoms with E-state index >= 15 is 0 Å². The van der Waals surface area contributed by atoms with Gasteiger partial charge in [0.15, 0.2) is 0 Å². The Bertz CT molecular complexity index is 218. The number of rotatable bonds is 6. The van der Waals surface area contributed by atoms with Crippen LogP contribution in [0.5, 0.6) is 0 Å². The van der Waals surface area contributed by atoms with Gasteiger partial charge in [0.25, 0.3) is 0 Å². The van der Waals surface area contributed by atoms with Gasteiger partial charge >= 0.3 is 0 Å². The molecule has 17 heavy (non-hydrogen) atoms. The van der Waals surface area contributed by atoms with Crippen LogP contribution in [-0.4, -0.2) is 30.4 Å². The molecule has 2 N–H and O–H groups in total. The maximum Gasteiger partial charge on any atom is 0.222 e. The van der Waals surface area contributed by atoms with Gasteiger partial charge < -0.3 is 10.6 Å². The van der Waals surface area contributed by atoms with Crippen molar-refractivity contribution in [2.24, 2.45) is 11.7 Å². The molecule has 1 atom stereocenters. The predicted molar refractivity (Wildman–Crippen MR) is 71.7 cm³/mol.